The second-order valence-electron chi connectivity index (χ2n) is 4.90. The van der Waals surface area contributed by atoms with Gasteiger partial charge in [0.2, 0.25) is 0 Å². The average Bonchev–Trinajstić information content (AvgIpc) is 2.76. The Kier molecular flexibility index (Phi) is 3.08. The Bertz CT molecular complexity index is 569. The summed E-state index contributed by atoms with van der Waals surface area (Å²) in [5.74, 6) is 1.52. The van der Waals surface area contributed by atoms with E-state index in [9.17, 15) is 5.11 Å². The summed E-state index contributed by atoms with van der Waals surface area (Å²) in [5.41, 5.74) is 1.13. The minimum Gasteiger partial charge on any atom is -0.507 e. The van der Waals surface area contributed by atoms with Crippen molar-refractivity contribution in [2.24, 2.45) is 0 Å². The highest BCUT2D eigenvalue weighted by Crippen LogP contribution is 2.33. The molecule has 3 rings (SSSR count). The van der Waals surface area contributed by atoms with Gasteiger partial charge in [-0.25, -0.2) is 0 Å². The van der Waals surface area contributed by atoms with Gasteiger partial charge in [-0.1, -0.05) is 31.2 Å². The van der Waals surface area contributed by atoms with Gasteiger partial charge in [-0.15, -0.1) is 0 Å². The number of fused-ring (bicyclic) bond motifs is 1. The van der Waals surface area contributed by atoms with Crippen molar-refractivity contribution in [3.8, 4) is 5.75 Å². The highest BCUT2D eigenvalue weighted by Gasteiger charge is 2.21. The fourth-order valence-corrected chi connectivity index (χ4v) is 3.71. The second-order valence-corrected chi connectivity index (χ2v) is 6.37. The molecule has 0 aliphatic carbocycles. The highest BCUT2D eigenvalue weighted by molar-refractivity contribution is 8.00. The van der Waals surface area contributed by atoms with E-state index >= 15 is 0 Å². The molecule has 2 N–H and O–H groups in total. The molecule has 1 saturated heterocycles. The van der Waals surface area contributed by atoms with Crippen LogP contribution in [0.5, 0.6) is 5.75 Å². The lowest BCUT2D eigenvalue weighted by Gasteiger charge is -2.15. The van der Waals surface area contributed by atoms with Crippen LogP contribution in [-0.2, 0) is 0 Å². The molecule has 0 bridgehead atoms. The average molecular weight is 259 g/mol. The third-order valence-corrected chi connectivity index (χ3v) is 4.81. The Morgan fingerprint density at radius 1 is 1.17 bits per heavy atom. The molecule has 2 aromatic rings. The molecule has 18 heavy (non-hydrogen) atoms. The van der Waals surface area contributed by atoms with Gasteiger partial charge in [0.15, 0.2) is 0 Å². The summed E-state index contributed by atoms with van der Waals surface area (Å²) in [6, 6.07) is 12.3. The van der Waals surface area contributed by atoms with E-state index in [1.165, 1.54) is 6.42 Å². The standard InChI is InChI=1S/C15H17NOS/c1-10-8-11(9-18-10)16-14-6-2-5-13-12(14)4-3-7-15(13)17/h2-7,10-11,16-17H,8-9H2,1H3. The highest BCUT2D eigenvalue weighted by atomic mass is 32.2. The number of phenols is 1. The fourth-order valence-electron chi connectivity index (χ4n) is 2.56. The van der Waals surface area contributed by atoms with Crippen LogP contribution in [0.4, 0.5) is 5.69 Å². The van der Waals surface area contributed by atoms with Crippen LogP contribution in [0.15, 0.2) is 36.4 Å². The molecule has 0 saturated carbocycles. The Hall–Kier alpha value is -1.35. The van der Waals surface area contributed by atoms with Gasteiger partial charge >= 0.3 is 0 Å². The third-order valence-electron chi connectivity index (χ3n) is 3.46. The Morgan fingerprint density at radius 2 is 1.94 bits per heavy atom. The molecule has 1 aliphatic rings. The molecule has 3 heteroatoms. The van der Waals surface area contributed by atoms with Crippen LogP contribution in [-0.4, -0.2) is 22.2 Å². The van der Waals surface area contributed by atoms with Crippen molar-refractivity contribution in [2.45, 2.75) is 24.6 Å². The number of phenolic OH excluding ortho intramolecular Hbond substituents is 1. The normalized spacial score (nSPS) is 23.4. The van der Waals surface area contributed by atoms with E-state index in [-0.39, 0.29) is 0 Å². The zero-order chi connectivity index (χ0) is 12.5. The summed E-state index contributed by atoms with van der Waals surface area (Å²) in [7, 11) is 0. The van der Waals surface area contributed by atoms with Crippen molar-refractivity contribution in [3.63, 3.8) is 0 Å². The van der Waals surface area contributed by atoms with Crippen molar-refractivity contribution < 1.29 is 5.11 Å². The van der Waals surface area contributed by atoms with Crippen LogP contribution in [0.3, 0.4) is 0 Å². The summed E-state index contributed by atoms with van der Waals surface area (Å²) in [6.45, 7) is 2.28. The van der Waals surface area contributed by atoms with Crippen LogP contribution < -0.4 is 5.32 Å². The summed E-state index contributed by atoms with van der Waals surface area (Å²) in [5, 5.41) is 16.2. The third kappa shape index (κ3) is 2.15. The molecule has 2 aromatic carbocycles. The van der Waals surface area contributed by atoms with E-state index in [0.29, 0.717) is 11.8 Å². The molecule has 2 nitrogen and oxygen atoms in total. The molecule has 1 fully saturated rings. The maximum absolute atomic E-state index is 9.87. The summed E-state index contributed by atoms with van der Waals surface area (Å²) in [4.78, 5) is 0. The predicted molar refractivity (Wildman–Crippen MR) is 79.6 cm³/mol. The number of hydrogen-bond donors (Lipinski definition) is 2. The van der Waals surface area contributed by atoms with E-state index in [0.717, 1.165) is 27.5 Å². The van der Waals surface area contributed by atoms with Gasteiger partial charge in [0.05, 0.1) is 0 Å². The first-order chi connectivity index (χ1) is 8.74. The molecule has 0 spiro atoms. The van der Waals surface area contributed by atoms with Crippen LogP contribution in [0.2, 0.25) is 0 Å². The molecule has 1 aliphatic heterocycles. The maximum atomic E-state index is 9.87. The van der Waals surface area contributed by atoms with Crippen LogP contribution in [0.1, 0.15) is 13.3 Å². The number of benzene rings is 2. The van der Waals surface area contributed by atoms with Crippen molar-refractivity contribution in [2.75, 3.05) is 11.1 Å². The van der Waals surface area contributed by atoms with Crippen LogP contribution >= 0.6 is 11.8 Å². The minimum atomic E-state index is 0.352. The minimum absolute atomic E-state index is 0.352. The summed E-state index contributed by atoms with van der Waals surface area (Å²) < 4.78 is 0. The van der Waals surface area contributed by atoms with Crippen LogP contribution in [0.25, 0.3) is 10.8 Å². The van der Waals surface area contributed by atoms with E-state index in [2.05, 4.69) is 24.4 Å². The smallest absolute Gasteiger partial charge is 0.123 e. The van der Waals surface area contributed by atoms with E-state index in [4.69, 9.17) is 0 Å². The monoisotopic (exact) mass is 259 g/mol. The topological polar surface area (TPSA) is 32.3 Å². The lowest BCUT2D eigenvalue weighted by atomic mass is 10.1. The number of hydrogen-bond acceptors (Lipinski definition) is 3. The van der Waals surface area contributed by atoms with Crippen molar-refractivity contribution >= 4 is 28.2 Å². The molecule has 2 atom stereocenters. The Balaban J connectivity index is 1.94. The molecule has 1 heterocycles. The number of thioether (sulfide) groups is 1. The zero-order valence-electron chi connectivity index (χ0n) is 10.4. The fraction of sp³-hybridized carbons (Fsp3) is 0.333. The van der Waals surface area contributed by atoms with Gasteiger partial charge in [0.1, 0.15) is 5.75 Å². The summed E-state index contributed by atoms with van der Waals surface area (Å²) in [6.07, 6.45) is 1.21. The van der Waals surface area contributed by atoms with Gasteiger partial charge in [0.25, 0.3) is 0 Å². The van der Waals surface area contributed by atoms with E-state index in [1.807, 2.05) is 30.0 Å². The maximum Gasteiger partial charge on any atom is 0.123 e. The van der Waals surface area contributed by atoms with Gasteiger partial charge in [-0.2, -0.15) is 11.8 Å². The van der Waals surface area contributed by atoms with Gasteiger partial charge in [-0.05, 0) is 18.6 Å². The largest absolute Gasteiger partial charge is 0.507 e. The molecule has 0 amide bonds. The molecule has 0 radical (unpaired) electrons. The Labute approximate surface area is 111 Å². The SMILES string of the molecule is CC1CC(Nc2cccc3c(O)cccc23)CS1. The molecular formula is C15H17NOS. The number of nitrogens with one attached hydrogen (secondary N) is 1. The first-order valence-corrected chi connectivity index (χ1v) is 7.38. The molecule has 0 aromatic heterocycles. The second kappa shape index (κ2) is 4.73. The first-order valence-electron chi connectivity index (χ1n) is 6.33. The van der Waals surface area contributed by atoms with Crippen molar-refractivity contribution in [1.29, 1.82) is 0 Å². The van der Waals surface area contributed by atoms with E-state index in [1.54, 1.807) is 6.07 Å². The molecule has 2 unspecified atom stereocenters. The van der Waals surface area contributed by atoms with Crippen molar-refractivity contribution in [3.05, 3.63) is 36.4 Å². The lowest BCUT2D eigenvalue weighted by molar-refractivity contribution is 0.481. The number of anilines is 1. The van der Waals surface area contributed by atoms with Crippen LogP contribution in [0, 0.1) is 0 Å². The van der Waals surface area contributed by atoms with Crippen molar-refractivity contribution in [1.82, 2.24) is 0 Å². The predicted octanol–water partition coefficient (Wildman–Crippen LogP) is 3.85. The molecular weight excluding hydrogens is 242 g/mol. The Morgan fingerprint density at radius 3 is 2.72 bits per heavy atom. The molecule has 94 valence electrons. The lowest BCUT2D eigenvalue weighted by Crippen LogP contribution is -2.18. The van der Waals surface area contributed by atoms with Gasteiger partial charge in [0, 0.05) is 33.5 Å². The van der Waals surface area contributed by atoms with Gasteiger partial charge < -0.3 is 10.4 Å². The first kappa shape index (κ1) is 11.7. The quantitative estimate of drug-likeness (QED) is 0.859. The number of rotatable bonds is 2. The summed E-state index contributed by atoms with van der Waals surface area (Å²) >= 11 is 2.02. The zero-order valence-corrected chi connectivity index (χ0v) is 11.2. The van der Waals surface area contributed by atoms with E-state index < -0.39 is 0 Å². The number of aromatic hydroxyl groups is 1. The van der Waals surface area contributed by atoms with Gasteiger partial charge in [-0.3, -0.25) is 0 Å².